The third kappa shape index (κ3) is 18.0. The minimum atomic E-state index is -1.93. The topological polar surface area (TPSA) is 197 Å². The zero-order valence-electron chi connectivity index (χ0n) is 42.9. The summed E-state index contributed by atoms with van der Waals surface area (Å²) in [6, 6.07) is 0. The van der Waals surface area contributed by atoms with E-state index in [0.717, 1.165) is 0 Å². The Morgan fingerprint density at radius 1 is 0.303 bits per heavy atom. The molecule has 0 radical (unpaired) electrons. The highest BCUT2D eigenvalue weighted by atomic mass is 16.5. The number of ketones is 10. The minimum absolute atomic E-state index is 0.0338. The Kier molecular flexibility index (Phi) is 30.2. The molecule has 0 rings (SSSR count). The largest absolute Gasteiger partial charge is 0.466 e. The first-order valence-corrected chi connectivity index (χ1v) is 25.6. The number of Topliss-reactive ketones (excluding diaryl/α,β-unsaturated/α-hetero) is 10. The second kappa shape index (κ2) is 32.0. The van der Waals surface area contributed by atoms with E-state index in [1.54, 1.807) is 69.2 Å². The van der Waals surface area contributed by atoms with Crippen molar-refractivity contribution in [3.05, 3.63) is 0 Å². The third-order valence-corrected chi connectivity index (χ3v) is 14.8. The molecule has 66 heavy (non-hydrogen) atoms. The Morgan fingerprint density at radius 2 is 0.561 bits per heavy atom. The summed E-state index contributed by atoms with van der Waals surface area (Å²) in [5.41, 5.74) is -7.20. The van der Waals surface area contributed by atoms with Crippen LogP contribution < -0.4 is 0 Å². The van der Waals surface area contributed by atoms with Crippen molar-refractivity contribution in [3.63, 3.8) is 0 Å². The summed E-state index contributed by atoms with van der Waals surface area (Å²) in [6.45, 7) is 16.8. The van der Waals surface area contributed by atoms with E-state index >= 15 is 9.59 Å². The Balaban J connectivity index is 10.1. The number of esters is 1. The molecule has 376 valence electrons. The second-order valence-corrected chi connectivity index (χ2v) is 18.5. The molecule has 0 unspecified atom stereocenters. The Hall–Kier alpha value is -3.83. The van der Waals surface area contributed by atoms with Crippen molar-refractivity contribution in [1.29, 1.82) is 0 Å². The Labute approximate surface area is 397 Å². The van der Waals surface area contributed by atoms with E-state index in [2.05, 4.69) is 0 Å². The van der Waals surface area contributed by atoms with Gasteiger partial charge in [-0.15, -0.1) is 0 Å². The maximum Gasteiger partial charge on any atom is 0.312 e. The van der Waals surface area contributed by atoms with E-state index in [0.29, 0.717) is 0 Å². The Bertz CT molecular complexity index is 1570. The first kappa shape index (κ1) is 62.2. The lowest BCUT2D eigenvalue weighted by atomic mass is 9.39. The summed E-state index contributed by atoms with van der Waals surface area (Å²) in [4.78, 5) is 156. The van der Waals surface area contributed by atoms with Crippen LogP contribution in [0, 0.1) is 21.7 Å². The van der Waals surface area contributed by atoms with Crippen molar-refractivity contribution < 1.29 is 57.5 Å². The average Bonchev–Trinajstić information content (AvgIpc) is 3.33. The monoisotopic (exact) mass is 929 g/mol. The van der Waals surface area contributed by atoms with Gasteiger partial charge in [0.2, 0.25) is 0 Å². The molecule has 0 amide bonds. The fourth-order valence-electron chi connectivity index (χ4n) is 10.2. The fraction of sp³-hybridized carbons (Fsp3) is 0.796. The third-order valence-electron chi connectivity index (χ3n) is 14.8. The van der Waals surface area contributed by atoms with Crippen molar-refractivity contribution in [3.8, 4) is 0 Å². The van der Waals surface area contributed by atoms with E-state index < -0.39 is 33.4 Å². The molecule has 0 fully saturated rings. The van der Waals surface area contributed by atoms with Crippen LogP contribution in [0.5, 0.6) is 0 Å². The van der Waals surface area contributed by atoms with Gasteiger partial charge in [0.25, 0.3) is 0 Å². The van der Waals surface area contributed by atoms with Gasteiger partial charge in [-0.2, -0.15) is 0 Å². The second-order valence-electron chi connectivity index (χ2n) is 18.5. The van der Waals surface area contributed by atoms with Gasteiger partial charge in [-0.05, 0) is 76.5 Å². The normalized spacial score (nSPS) is 12.1. The summed E-state index contributed by atoms with van der Waals surface area (Å²) < 4.78 is 6.05. The number of hydrogen-bond acceptors (Lipinski definition) is 12. The van der Waals surface area contributed by atoms with Gasteiger partial charge in [-0.1, -0.05) is 62.3 Å². The number of rotatable bonds is 43. The molecule has 0 aliphatic heterocycles. The molecule has 12 nitrogen and oxygen atoms in total. The van der Waals surface area contributed by atoms with Gasteiger partial charge >= 0.3 is 5.97 Å². The lowest BCUT2D eigenvalue weighted by molar-refractivity contribution is -0.195. The molecule has 0 aliphatic carbocycles. The average molecular weight is 929 g/mol. The van der Waals surface area contributed by atoms with Crippen LogP contribution in [0.1, 0.15) is 249 Å². The van der Waals surface area contributed by atoms with Crippen LogP contribution in [0.15, 0.2) is 0 Å². The number of carbonyl (C=O) groups excluding carboxylic acids is 11. The van der Waals surface area contributed by atoms with E-state index in [-0.39, 0.29) is 238 Å². The van der Waals surface area contributed by atoms with Crippen molar-refractivity contribution in [2.24, 2.45) is 21.7 Å². The van der Waals surface area contributed by atoms with Gasteiger partial charge in [0.05, 0.1) is 12.0 Å². The van der Waals surface area contributed by atoms with Crippen LogP contribution >= 0.6 is 0 Å². The number of hydrogen-bond donors (Lipinski definition) is 0. The molecule has 0 atom stereocenters. The van der Waals surface area contributed by atoms with E-state index in [4.69, 9.17) is 4.74 Å². The molecule has 0 aromatic rings. The summed E-state index contributed by atoms with van der Waals surface area (Å²) in [7, 11) is 0. The summed E-state index contributed by atoms with van der Waals surface area (Å²) in [5, 5.41) is 0. The van der Waals surface area contributed by atoms with Crippen LogP contribution in [0.3, 0.4) is 0 Å². The standard InChI is InChI=1S/C54H88O12/c1-11-40(55)22-21-31-51(32-23-41(56)12-2,33-24-42(57)13-3)49(64)52(34-25-43(58)14-4,35-26-44(59)15-5)54(38-29-47(62)18-8,39-30-48(63)19-9)53(50(65)66-20-10,36-27-45(60)16-6)37-28-46(61)17-7/h11-39H2,1-10H3. The zero-order chi connectivity index (χ0) is 50.6. The van der Waals surface area contributed by atoms with Gasteiger partial charge in [-0.3, -0.25) is 52.7 Å². The summed E-state index contributed by atoms with van der Waals surface area (Å²) in [6.07, 6.45) is -0.972. The zero-order valence-corrected chi connectivity index (χ0v) is 42.9. The van der Waals surface area contributed by atoms with Crippen LogP contribution in [-0.2, 0) is 57.5 Å². The molecular weight excluding hydrogens is 841 g/mol. The molecule has 0 heterocycles. The van der Waals surface area contributed by atoms with E-state index in [9.17, 15) is 43.2 Å². The van der Waals surface area contributed by atoms with E-state index in [1.807, 2.05) is 0 Å². The molecule has 0 spiro atoms. The van der Waals surface area contributed by atoms with Crippen LogP contribution in [0.2, 0.25) is 0 Å². The quantitative estimate of drug-likeness (QED) is 0.0525. The predicted octanol–water partition coefficient (Wildman–Crippen LogP) is 11.3. The smallest absolute Gasteiger partial charge is 0.312 e. The number of carbonyl (C=O) groups is 11. The van der Waals surface area contributed by atoms with Gasteiger partial charge in [0.1, 0.15) is 57.8 Å². The number of ether oxygens (including phenoxy) is 1. The molecular formula is C54H88O12. The first-order chi connectivity index (χ1) is 31.2. The molecule has 0 bridgehead atoms. The highest BCUT2D eigenvalue weighted by Gasteiger charge is 2.69. The summed E-state index contributed by atoms with van der Waals surface area (Å²) in [5.74, 6) is -2.90. The van der Waals surface area contributed by atoms with Crippen molar-refractivity contribution in [1.82, 2.24) is 0 Å². The molecule has 12 heteroatoms. The maximum absolute atomic E-state index is 17.3. The molecule has 0 aromatic carbocycles. The van der Waals surface area contributed by atoms with E-state index in [1.165, 1.54) is 0 Å². The van der Waals surface area contributed by atoms with Crippen LogP contribution in [-0.4, -0.2) is 70.4 Å². The van der Waals surface area contributed by atoms with Gasteiger partial charge < -0.3 is 4.74 Å². The van der Waals surface area contributed by atoms with Crippen molar-refractivity contribution >= 4 is 63.8 Å². The molecule has 0 saturated carbocycles. The lowest BCUT2D eigenvalue weighted by Crippen LogP contribution is -2.64. The van der Waals surface area contributed by atoms with Crippen molar-refractivity contribution in [2.75, 3.05) is 6.61 Å². The SMILES string of the molecule is CCOC(=O)C(CCC(=O)CC)(CCC(=O)CC)C(CCC(=O)CC)(CCC(=O)CC)C(CCC(=O)CC)(CCC(=O)CC)C(=O)C(CCCC(=O)CC)(CCC(=O)CC)CCC(=O)CC. The molecule has 0 aliphatic rings. The molecule has 0 saturated heterocycles. The van der Waals surface area contributed by atoms with Gasteiger partial charge in [-0.25, -0.2) is 0 Å². The molecule has 0 aromatic heterocycles. The fourth-order valence-corrected chi connectivity index (χ4v) is 10.2. The van der Waals surface area contributed by atoms with Crippen LogP contribution in [0.25, 0.3) is 0 Å². The predicted molar refractivity (Wildman–Crippen MR) is 257 cm³/mol. The minimum Gasteiger partial charge on any atom is -0.466 e. The maximum atomic E-state index is 17.3. The van der Waals surface area contributed by atoms with Crippen LogP contribution in [0.4, 0.5) is 0 Å². The lowest BCUT2D eigenvalue weighted by Gasteiger charge is -2.61. The van der Waals surface area contributed by atoms with Crippen molar-refractivity contribution in [2.45, 2.75) is 249 Å². The Morgan fingerprint density at radius 3 is 0.848 bits per heavy atom. The van der Waals surface area contributed by atoms with Gasteiger partial charge in [0, 0.05) is 126 Å². The van der Waals surface area contributed by atoms with Gasteiger partial charge in [0.15, 0.2) is 0 Å². The molecule has 0 N–H and O–H groups in total. The first-order valence-electron chi connectivity index (χ1n) is 25.6. The highest BCUT2D eigenvalue weighted by Crippen LogP contribution is 2.68. The highest BCUT2D eigenvalue weighted by molar-refractivity contribution is 5.96. The summed E-state index contributed by atoms with van der Waals surface area (Å²) >= 11 is 0.